The molecule has 2 saturated heterocycles. The molecule has 2 fully saturated rings. The molecule has 8 heteroatoms. The van der Waals surface area contributed by atoms with Crippen LogP contribution in [-0.4, -0.2) is 69.5 Å². The van der Waals surface area contributed by atoms with E-state index >= 15 is 0 Å². The van der Waals surface area contributed by atoms with Crippen molar-refractivity contribution in [3.05, 3.63) is 29.8 Å². The zero-order chi connectivity index (χ0) is 19.8. The zero-order valence-corrected chi connectivity index (χ0v) is 17.3. The summed E-state index contributed by atoms with van der Waals surface area (Å²) in [5.41, 5.74) is 0.891. The number of rotatable bonds is 6. The number of carbonyl (C=O) groups excluding carboxylic acids is 1. The molecule has 156 valence electrons. The van der Waals surface area contributed by atoms with Gasteiger partial charge in [-0.05, 0) is 43.6 Å². The lowest BCUT2D eigenvalue weighted by Crippen LogP contribution is -2.40. The van der Waals surface area contributed by atoms with Crippen LogP contribution in [0.2, 0.25) is 0 Å². The number of sulfonamides is 1. The molecule has 0 aromatic heterocycles. The Morgan fingerprint density at radius 1 is 0.929 bits per heavy atom. The molecular formula is C20H31N3O4S. The molecule has 7 nitrogen and oxygen atoms in total. The van der Waals surface area contributed by atoms with E-state index in [0.717, 1.165) is 31.5 Å². The summed E-state index contributed by atoms with van der Waals surface area (Å²) >= 11 is 0. The standard InChI is InChI=1S/C20H31N3O4S/c24-20(17-22-10-4-2-1-3-5-11-22)21-16-18-6-8-19(9-7-18)28(25,26)23-12-14-27-15-13-23/h6-9H,1-5,10-17H2,(H,21,24). The topological polar surface area (TPSA) is 79.0 Å². The minimum atomic E-state index is -3.48. The van der Waals surface area contributed by atoms with Crippen LogP contribution in [0.25, 0.3) is 0 Å². The SMILES string of the molecule is O=C(CN1CCCCCCC1)NCc1ccc(S(=O)(=O)N2CCOCC2)cc1. The first-order valence-electron chi connectivity index (χ1n) is 10.2. The Balaban J connectivity index is 1.49. The van der Waals surface area contributed by atoms with Crippen molar-refractivity contribution in [3.63, 3.8) is 0 Å². The number of benzene rings is 1. The minimum Gasteiger partial charge on any atom is -0.379 e. The molecule has 0 atom stereocenters. The van der Waals surface area contributed by atoms with Crippen molar-refractivity contribution in [2.45, 2.75) is 43.5 Å². The van der Waals surface area contributed by atoms with Crippen molar-refractivity contribution >= 4 is 15.9 Å². The van der Waals surface area contributed by atoms with Crippen LogP contribution in [0.3, 0.4) is 0 Å². The van der Waals surface area contributed by atoms with Gasteiger partial charge in [-0.2, -0.15) is 4.31 Å². The van der Waals surface area contributed by atoms with E-state index in [1.807, 2.05) is 0 Å². The van der Waals surface area contributed by atoms with Crippen LogP contribution >= 0.6 is 0 Å². The summed E-state index contributed by atoms with van der Waals surface area (Å²) in [4.78, 5) is 14.8. The second-order valence-electron chi connectivity index (χ2n) is 7.48. The van der Waals surface area contributed by atoms with Crippen molar-refractivity contribution in [1.82, 2.24) is 14.5 Å². The van der Waals surface area contributed by atoms with Gasteiger partial charge in [0, 0.05) is 19.6 Å². The van der Waals surface area contributed by atoms with E-state index in [-0.39, 0.29) is 10.8 Å². The first kappa shape index (κ1) is 21.2. The van der Waals surface area contributed by atoms with Gasteiger partial charge in [-0.15, -0.1) is 0 Å². The Labute approximate surface area is 168 Å². The molecule has 0 unspecified atom stereocenters. The maximum Gasteiger partial charge on any atom is 0.243 e. The largest absolute Gasteiger partial charge is 0.379 e. The van der Waals surface area contributed by atoms with Crippen LogP contribution in [0.1, 0.15) is 37.7 Å². The lowest BCUT2D eigenvalue weighted by atomic mass is 10.1. The third-order valence-corrected chi connectivity index (χ3v) is 7.25. The summed E-state index contributed by atoms with van der Waals surface area (Å²) in [7, 11) is -3.48. The highest BCUT2D eigenvalue weighted by Gasteiger charge is 2.26. The van der Waals surface area contributed by atoms with Gasteiger partial charge >= 0.3 is 0 Å². The lowest BCUT2D eigenvalue weighted by Gasteiger charge is -2.26. The molecule has 0 bridgehead atoms. The highest BCUT2D eigenvalue weighted by molar-refractivity contribution is 7.89. The molecule has 2 aliphatic heterocycles. The van der Waals surface area contributed by atoms with Crippen LogP contribution < -0.4 is 5.32 Å². The average molecular weight is 410 g/mol. The summed E-state index contributed by atoms with van der Waals surface area (Å²) in [6, 6.07) is 6.77. The molecule has 0 saturated carbocycles. The number of likely N-dealkylation sites (tertiary alicyclic amines) is 1. The number of hydrogen-bond donors (Lipinski definition) is 1. The fourth-order valence-corrected chi connectivity index (χ4v) is 5.05. The highest BCUT2D eigenvalue weighted by Crippen LogP contribution is 2.17. The van der Waals surface area contributed by atoms with E-state index < -0.39 is 10.0 Å². The van der Waals surface area contributed by atoms with Crippen molar-refractivity contribution in [2.24, 2.45) is 0 Å². The third-order valence-electron chi connectivity index (χ3n) is 5.34. The van der Waals surface area contributed by atoms with Gasteiger partial charge in [0.25, 0.3) is 0 Å². The maximum atomic E-state index is 12.6. The van der Waals surface area contributed by atoms with E-state index in [0.29, 0.717) is 39.4 Å². The van der Waals surface area contributed by atoms with Gasteiger partial charge < -0.3 is 10.1 Å². The molecule has 0 spiro atoms. The molecule has 2 aliphatic rings. The first-order chi connectivity index (χ1) is 13.6. The maximum absolute atomic E-state index is 12.6. The smallest absolute Gasteiger partial charge is 0.243 e. The van der Waals surface area contributed by atoms with Gasteiger partial charge in [0.15, 0.2) is 0 Å². The normalized spacial score (nSPS) is 20.3. The Bertz CT molecular complexity index is 722. The summed E-state index contributed by atoms with van der Waals surface area (Å²) in [6.45, 7) is 4.45. The van der Waals surface area contributed by atoms with Crippen LogP contribution in [0, 0.1) is 0 Å². The second kappa shape index (κ2) is 10.3. The predicted octanol–water partition coefficient (Wildman–Crippen LogP) is 1.59. The summed E-state index contributed by atoms with van der Waals surface area (Å²) in [6.07, 6.45) is 6.12. The third kappa shape index (κ3) is 6.01. The molecule has 0 aliphatic carbocycles. The average Bonchev–Trinajstić information content (AvgIpc) is 2.69. The van der Waals surface area contributed by atoms with Gasteiger partial charge in [0.1, 0.15) is 0 Å². The van der Waals surface area contributed by atoms with Crippen molar-refractivity contribution in [1.29, 1.82) is 0 Å². The Morgan fingerprint density at radius 3 is 2.18 bits per heavy atom. The number of morpholine rings is 1. The molecule has 2 heterocycles. The highest BCUT2D eigenvalue weighted by atomic mass is 32.2. The number of carbonyl (C=O) groups is 1. The van der Waals surface area contributed by atoms with Crippen molar-refractivity contribution in [3.8, 4) is 0 Å². The van der Waals surface area contributed by atoms with E-state index in [4.69, 9.17) is 4.74 Å². The fraction of sp³-hybridized carbons (Fsp3) is 0.650. The van der Waals surface area contributed by atoms with Crippen molar-refractivity contribution in [2.75, 3.05) is 45.9 Å². The Hall–Kier alpha value is -1.48. The minimum absolute atomic E-state index is 0.0191. The summed E-state index contributed by atoms with van der Waals surface area (Å²) < 4.78 is 31.9. The van der Waals surface area contributed by atoms with Gasteiger partial charge in [-0.25, -0.2) is 8.42 Å². The number of amides is 1. The fourth-order valence-electron chi connectivity index (χ4n) is 3.65. The van der Waals surface area contributed by atoms with E-state index in [9.17, 15) is 13.2 Å². The van der Waals surface area contributed by atoms with Gasteiger partial charge in [0.05, 0.1) is 24.7 Å². The predicted molar refractivity (Wildman–Crippen MR) is 107 cm³/mol. The van der Waals surface area contributed by atoms with Crippen LogP contribution in [0.5, 0.6) is 0 Å². The molecule has 1 aromatic carbocycles. The molecular weight excluding hydrogens is 378 g/mol. The van der Waals surface area contributed by atoms with E-state index in [2.05, 4.69) is 10.2 Å². The molecule has 1 aromatic rings. The first-order valence-corrected chi connectivity index (χ1v) is 11.7. The van der Waals surface area contributed by atoms with Gasteiger partial charge in [0.2, 0.25) is 15.9 Å². The van der Waals surface area contributed by atoms with Crippen LogP contribution in [0.4, 0.5) is 0 Å². The van der Waals surface area contributed by atoms with E-state index in [1.165, 1.54) is 23.6 Å². The molecule has 3 rings (SSSR count). The van der Waals surface area contributed by atoms with Crippen LogP contribution in [-0.2, 0) is 26.1 Å². The Kier molecular flexibility index (Phi) is 7.84. The Morgan fingerprint density at radius 2 is 1.54 bits per heavy atom. The molecule has 0 radical (unpaired) electrons. The summed E-state index contributed by atoms with van der Waals surface area (Å²) in [5.74, 6) is 0.0191. The van der Waals surface area contributed by atoms with Gasteiger partial charge in [-0.1, -0.05) is 31.4 Å². The number of ether oxygens (including phenoxy) is 1. The quantitative estimate of drug-likeness (QED) is 0.772. The second-order valence-corrected chi connectivity index (χ2v) is 9.42. The van der Waals surface area contributed by atoms with Crippen molar-refractivity contribution < 1.29 is 17.9 Å². The van der Waals surface area contributed by atoms with Crippen LogP contribution in [0.15, 0.2) is 29.2 Å². The molecule has 28 heavy (non-hydrogen) atoms. The number of nitrogens with zero attached hydrogens (tertiary/aromatic N) is 2. The zero-order valence-electron chi connectivity index (χ0n) is 16.4. The molecule has 1 amide bonds. The summed E-state index contributed by atoms with van der Waals surface area (Å²) in [5, 5.41) is 2.95. The lowest BCUT2D eigenvalue weighted by molar-refractivity contribution is -0.122. The monoisotopic (exact) mass is 409 g/mol. The van der Waals surface area contributed by atoms with E-state index in [1.54, 1.807) is 24.3 Å². The number of nitrogens with one attached hydrogen (secondary N) is 1. The number of hydrogen-bond acceptors (Lipinski definition) is 5. The molecule has 1 N–H and O–H groups in total. The van der Waals surface area contributed by atoms with Gasteiger partial charge in [-0.3, -0.25) is 9.69 Å².